The van der Waals surface area contributed by atoms with Gasteiger partial charge in [0.1, 0.15) is 11.9 Å². The molecule has 0 saturated carbocycles. The molecule has 0 spiro atoms. The van der Waals surface area contributed by atoms with E-state index in [1.54, 1.807) is 6.07 Å². The van der Waals surface area contributed by atoms with Gasteiger partial charge >= 0.3 is 0 Å². The third-order valence-corrected chi connectivity index (χ3v) is 4.31. The van der Waals surface area contributed by atoms with Crippen LogP contribution in [0.3, 0.4) is 0 Å². The van der Waals surface area contributed by atoms with Gasteiger partial charge in [0.2, 0.25) is 0 Å². The molecule has 1 N–H and O–H groups in total. The lowest BCUT2D eigenvalue weighted by Gasteiger charge is -2.09. The molecule has 0 heterocycles. The summed E-state index contributed by atoms with van der Waals surface area (Å²) in [5, 5.41) is 8.99. The van der Waals surface area contributed by atoms with Crippen LogP contribution in [0.1, 0.15) is 5.56 Å². The SMILES string of the molecule is N#Cc1cc(Br)ccc1NS(=O)(=O)c1cccc(F)c1. The standard InChI is InChI=1S/C13H8BrFN2O2S/c14-10-4-5-13(9(6-10)8-16)17-20(18,19)12-3-1-2-11(15)7-12/h1-7,17H. The molecule has 20 heavy (non-hydrogen) atoms. The Kier molecular flexibility index (Phi) is 4.06. The first-order valence-electron chi connectivity index (χ1n) is 5.40. The van der Waals surface area contributed by atoms with Gasteiger partial charge in [-0.05, 0) is 36.4 Å². The van der Waals surface area contributed by atoms with Crippen LogP contribution in [0.2, 0.25) is 0 Å². The summed E-state index contributed by atoms with van der Waals surface area (Å²) in [5.74, 6) is -0.649. The number of nitrogens with zero attached hydrogens (tertiary/aromatic N) is 1. The first kappa shape index (κ1) is 14.5. The highest BCUT2D eigenvalue weighted by molar-refractivity contribution is 9.10. The van der Waals surface area contributed by atoms with E-state index in [1.807, 2.05) is 6.07 Å². The van der Waals surface area contributed by atoms with Gasteiger partial charge in [-0.25, -0.2) is 12.8 Å². The Morgan fingerprint density at radius 2 is 1.95 bits per heavy atom. The van der Waals surface area contributed by atoms with Crippen LogP contribution in [-0.2, 0) is 10.0 Å². The van der Waals surface area contributed by atoms with E-state index in [2.05, 4.69) is 20.7 Å². The largest absolute Gasteiger partial charge is 0.278 e. The van der Waals surface area contributed by atoms with Crippen LogP contribution in [-0.4, -0.2) is 8.42 Å². The number of hydrogen-bond acceptors (Lipinski definition) is 3. The minimum atomic E-state index is -3.94. The lowest BCUT2D eigenvalue weighted by molar-refractivity contribution is 0.595. The Bertz CT molecular complexity index is 800. The fourth-order valence-electron chi connectivity index (χ4n) is 1.54. The maximum absolute atomic E-state index is 13.1. The third kappa shape index (κ3) is 3.15. The Morgan fingerprint density at radius 1 is 1.20 bits per heavy atom. The molecule has 0 atom stereocenters. The highest BCUT2D eigenvalue weighted by Crippen LogP contribution is 2.23. The fourth-order valence-corrected chi connectivity index (χ4v) is 3.01. The second-order valence-electron chi connectivity index (χ2n) is 3.86. The van der Waals surface area contributed by atoms with Crippen LogP contribution < -0.4 is 4.72 Å². The highest BCUT2D eigenvalue weighted by Gasteiger charge is 2.16. The van der Waals surface area contributed by atoms with Crippen molar-refractivity contribution in [3.63, 3.8) is 0 Å². The van der Waals surface area contributed by atoms with E-state index in [1.165, 1.54) is 24.3 Å². The molecule has 0 fully saturated rings. The van der Waals surface area contributed by atoms with Crippen molar-refractivity contribution in [1.29, 1.82) is 5.26 Å². The molecule has 0 aliphatic rings. The van der Waals surface area contributed by atoms with E-state index in [0.29, 0.717) is 4.47 Å². The second kappa shape index (κ2) is 5.61. The number of nitriles is 1. The van der Waals surface area contributed by atoms with Gasteiger partial charge < -0.3 is 0 Å². The monoisotopic (exact) mass is 354 g/mol. The van der Waals surface area contributed by atoms with Gasteiger partial charge in [0.25, 0.3) is 10.0 Å². The third-order valence-electron chi connectivity index (χ3n) is 2.45. The summed E-state index contributed by atoms with van der Waals surface area (Å²) in [6.45, 7) is 0. The molecule has 2 rings (SSSR count). The van der Waals surface area contributed by atoms with Gasteiger partial charge in [-0.3, -0.25) is 4.72 Å². The van der Waals surface area contributed by atoms with E-state index in [0.717, 1.165) is 12.1 Å². The van der Waals surface area contributed by atoms with Gasteiger partial charge in [-0.2, -0.15) is 5.26 Å². The maximum atomic E-state index is 13.1. The zero-order valence-electron chi connectivity index (χ0n) is 9.97. The van der Waals surface area contributed by atoms with Gasteiger partial charge in [0.05, 0.1) is 16.1 Å². The summed E-state index contributed by atoms with van der Waals surface area (Å²) in [6.07, 6.45) is 0. The number of anilines is 1. The molecule has 0 radical (unpaired) electrons. The number of halogens is 2. The fraction of sp³-hybridized carbons (Fsp3) is 0. The molecule has 0 saturated heterocycles. The van der Waals surface area contributed by atoms with Crippen molar-refractivity contribution in [3.8, 4) is 6.07 Å². The van der Waals surface area contributed by atoms with Crippen molar-refractivity contribution in [2.45, 2.75) is 4.90 Å². The topological polar surface area (TPSA) is 70.0 Å². The average molecular weight is 355 g/mol. The molecule has 0 aromatic heterocycles. The summed E-state index contributed by atoms with van der Waals surface area (Å²) in [6, 6.07) is 11.1. The lowest BCUT2D eigenvalue weighted by atomic mass is 10.2. The van der Waals surface area contributed by atoms with Gasteiger partial charge in [-0.15, -0.1) is 0 Å². The number of rotatable bonds is 3. The normalized spacial score (nSPS) is 10.8. The van der Waals surface area contributed by atoms with Crippen molar-refractivity contribution in [2.24, 2.45) is 0 Å². The molecule has 4 nitrogen and oxygen atoms in total. The molecule has 0 aliphatic carbocycles. The lowest BCUT2D eigenvalue weighted by Crippen LogP contribution is -2.14. The molecule has 0 bridgehead atoms. The zero-order chi connectivity index (χ0) is 14.8. The average Bonchev–Trinajstić information content (AvgIpc) is 2.40. The van der Waals surface area contributed by atoms with Gasteiger partial charge in [-0.1, -0.05) is 22.0 Å². The highest BCUT2D eigenvalue weighted by atomic mass is 79.9. The molecular weight excluding hydrogens is 347 g/mol. The quantitative estimate of drug-likeness (QED) is 0.919. The Labute approximate surface area is 124 Å². The summed E-state index contributed by atoms with van der Waals surface area (Å²) >= 11 is 3.19. The second-order valence-corrected chi connectivity index (χ2v) is 6.46. The van der Waals surface area contributed by atoms with Crippen LogP contribution in [0.25, 0.3) is 0 Å². The summed E-state index contributed by atoms with van der Waals surface area (Å²) in [7, 11) is -3.94. The Balaban J connectivity index is 2.42. The van der Waals surface area contributed by atoms with E-state index in [4.69, 9.17) is 5.26 Å². The van der Waals surface area contributed by atoms with Crippen LogP contribution in [0, 0.1) is 17.1 Å². The molecule has 0 aliphatic heterocycles. The van der Waals surface area contributed by atoms with Crippen molar-refractivity contribution < 1.29 is 12.8 Å². The van der Waals surface area contributed by atoms with Crippen LogP contribution in [0.5, 0.6) is 0 Å². The van der Waals surface area contributed by atoms with Crippen LogP contribution in [0.4, 0.5) is 10.1 Å². The molecule has 0 unspecified atom stereocenters. The molecule has 7 heteroatoms. The van der Waals surface area contributed by atoms with Gasteiger partial charge in [0, 0.05) is 4.47 Å². The van der Waals surface area contributed by atoms with E-state index in [-0.39, 0.29) is 16.1 Å². The van der Waals surface area contributed by atoms with Crippen molar-refractivity contribution in [1.82, 2.24) is 0 Å². The predicted octanol–water partition coefficient (Wildman–Crippen LogP) is 3.26. The van der Waals surface area contributed by atoms with Crippen molar-refractivity contribution in [3.05, 3.63) is 58.3 Å². The summed E-state index contributed by atoms with van der Waals surface area (Å²) in [5.41, 5.74) is 0.305. The number of nitrogens with one attached hydrogen (secondary N) is 1. The van der Waals surface area contributed by atoms with Crippen molar-refractivity contribution in [2.75, 3.05) is 4.72 Å². The predicted molar refractivity (Wildman–Crippen MR) is 76.1 cm³/mol. The minimum Gasteiger partial charge on any atom is -0.278 e. The summed E-state index contributed by atoms with van der Waals surface area (Å²) in [4.78, 5) is -0.204. The summed E-state index contributed by atoms with van der Waals surface area (Å²) < 4.78 is 40.2. The Morgan fingerprint density at radius 3 is 2.60 bits per heavy atom. The van der Waals surface area contributed by atoms with E-state index >= 15 is 0 Å². The molecule has 102 valence electrons. The smallest absolute Gasteiger partial charge is 0.262 e. The van der Waals surface area contributed by atoms with Crippen LogP contribution >= 0.6 is 15.9 Å². The molecule has 0 amide bonds. The first-order chi connectivity index (χ1) is 9.42. The minimum absolute atomic E-state index is 0.139. The number of benzene rings is 2. The van der Waals surface area contributed by atoms with Gasteiger partial charge in [0.15, 0.2) is 0 Å². The zero-order valence-corrected chi connectivity index (χ0v) is 12.4. The molecular formula is C13H8BrFN2O2S. The van der Waals surface area contributed by atoms with E-state index in [9.17, 15) is 12.8 Å². The molecule has 2 aromatic rings. The number of hydrogen-bond donors (Lipinski definition) is 1. The molecule has 2 aromatic carbocycles. The first-order valence-corrected chi connectivity index (χ1v) is 7.68. The van der Waals surface area contributed by atoms with E-state index < -0.39 is 15.8 Å². The number of sulfonamides is 1. The van der Waals surface area contributed by atoms with Crippen molar-refractivity contribution >= 4 is 31.6 Å². The Hall–Kier alpha value is -1.91. The maximum Gasteiger partial charge on any atom is 0.262 e. The van der Waals surface area contributed by atoms with Crippen LogP contribution in [0.15, 0.2) is 51.8 Å².